The van der Waals surface area contributed by atoms with Crippen LogP contribution < -0.4 is 15.0 Å². The van der Waals surface area contributed by atoms with Crippen molar-refractivity contribution >= 4 is 29.6 Å². The number of anilines is 1. The summed E-state index contributed by atoms with van der Waals surface area (Å²) in [5.74, 6) is -0.737. The summed E-state index contributed by atoms with van der Waals surface area (Å²) in [7, 11) is 0. The maximum atomic E-state index is 12.9. The number of amides is 4. The van der Waals surface area contributed by atoms with Crippen molar-refractivity contribution in [3.63, 3.8) is 0 Å². The maximum Gasteiger partial charge on any atom is 0.335 e. The second kappa shape index (κ2) is 7.23. The Balaban J connectivity index is 2.00. The highest BCUT2D eigenvalue weighted by atomic mass is 16.5. The van der Waals surface area contributed by atoms with E-state index in [-0.39, 0.29) is 5.57 Å². The smallest absolute Gasteiger partial charge is 0.335 e. The summed E-state index contributed by atoms with van der Waals surface area (Å²) in [5.41, 5.74) is 1.72. The summed E-state index contributed by atoms with van der Waals surface area (Å²) < 4.78 is 5.43. The van der Waals surface area contributed by atoms with Crippen LogP contribution in [0.25, 0.3) is 6.08 Å². The number of para-hydroxylation sites is 1. The zero-order valence-corrected chi connectivity index (χ0v) is 14.5. The number of barbiturate groups is 1. The molecule has 0 atom stereocenters. The van der Waals surface area contributed by atoms with Gasteiger partial charge in [-0.25, -0.2) is 9.69 Å². The lowest BCUT2D eigenvalue weighted by molar-refractivity contribution is -0.122. The maximum absolute atomic E-state index is 12.9. The fourth-order valence-corrected chi connectivity index (χ4v) is 2.72. The predicted molar refractivity (Wildman–Crippen MR) is 97.8 cm³/mol. The highest BCUT2D eigenvalue weighted by Crippen LogP contribution is 2.25. The minimum absolute atomic E-state index is 0.110. The minimum atomic E-state index is -0.755. The lowest BCUT2D eigenvalue weighted by Gasteiger charge is -2.27. The van der Waals surface area contributed by atoms with Crippen LogP contribution in [0, 0.1) is 6.92 Å². The van der Waals surface area contributed by atoms with E-state index in [4.69, 9.17) is 4.74 Å². The molecule has 0 bridgehead atoms. The monoisotopic (exact) mass is 350 g/mol. The molecule has 1 aliphatic rings. The number of aryl methyl sites for hydroxylation is 1. The minimum Gasteiger partial charge on any atom is -0.494 e. The molecule has 6 nitrogen and oxygen atoms in total. The second-order valence-corrected chi connectivity index (χ2v) is 5.75. The Kier molecular flexibility index (Phi) is 4.84. The Morgan fingerprint density at radius 3 is 2.58 bits per heavy atom. The molecule has 1 heterocycles. The van der Waals surface area contributed by atoms with E-state index >= 15 is 0 Å². The van der Waals surface area contributed by atoms with Crippen molar-refractivity contribution in [1.82, 2.24) is 5.32 Å². The Hall–Kier alpha value is -3.41. The molecule has 0 saturated carbocycles. The predicted octanol–water partition coefficient (Wildman–Crippen LogP) is 3.06. The number of urea groups is 1. The van der Waals surface area contributed by atoms with Crippen LogP contribution in [0.5, 0.6) is 5.75 Å². The molecule has 132 valence electrons. The molecule has 1 N–H and O–H groups in total. The molecule has 2 aromatic rings. The molecule has 0 aliphatic carbocycles. The van der Waals surface area contributed by atoms with Gasteiger partial charge in [0, 0.05) is 0 Å². The molecular formula is C20H18N2O4. The van der Waals surface area contributed by atoms with Gasteiger partial charge in [0.15, 0.2) is 0 Å². The van der Waals surface area contributed by atoms with E-state index in [1.807, 2.05) is 13.0 Å². The number of nitrogens with zero attached hydrogens (tertiary/aromatic N) is 1. The highest BCUT2D eigenvalue weighted by molar-refractivity contribution is 6.39. The van der Waals surface area contributed by atoms with E-state index in [9.17, 15) is 14.4 Å². The van der Waals surface area contributed by atoms with Crippen LogP contribution in [0.15, 0.2) is 54.1 Å². The van der Waals surface area contributed by atoms with Gasteiger partial charge in [-0.1, -0.05) is 30.3 Å². The van der Waals surface area contributed by atoms with Gasteiger partial charge in [0.2, 0.25) is 0 Å². The molecule has 0 unspecified atom stereocenters. The third-order valence-corrected chi connectivity index (χ3v) is 3.94. The molecule has 3 rings (SSSR count). The Morgan fingerprint density at radius 2 is 1.85 bits per heavy atom. The van der Waals surface area contributed by atoms with Crippen LogP contribution in [-0.2, 0) is 9.59 Å². The van der Waals surface area contributed by atoms with Crippen molar-refractivity contribution in [3.8, 4) is 5.75 Å². The highest BCUT2D eigenvalue weighted by Gasteiger charge is 2.37. The molecule has 0 aromatic heterocycles. The second-order valence-electron chi connectivity index (χ2n) is 5.75. The zero-order chi connectivity index (χ0) is 18.7. The molecule has 0 radical (unpaired) electrons. The summed E-state index contributed by atoms with van der Waals surface area (Å²) in [6.45, 7) is 4.17. The van der Waals surface area contributed by atoms with Crippen LogP contribution in [0.2, 0.25) is 0 Å². The summed E-state index contributed by atoms with van der Waals surface area (Å²) in [5, 5.41) is 2.22. The summed E-state index contributed by atoms with van der Waals surface area (Å²) in [4.78, 5) is 38.3. The van der Waals surface area contributed by atoms with Gasteiger partial charge < -0.3 is 4.74 Å². The van der Waals surface area contributed by atoms with Gasteiger partial charge in [-0.15, -0.1) is 0 Å². The number of nitrogens with one attached hydrogen (secondary N) is 1. The number of carbonyl (C=O) groups excluding carboxylic acids is 3. The van der Waals surface area contributed by atoms with Gasteiger partial charge in [-0.2, -0.15) is 0 Å². The first-order chi connectivity index (χ1) is 12.5. The lowest BCUT2D eigenvalue weighted by atomic mass is 10.1. The number of benzene rings is 2. The van der Waals surface area contributed by atoms with E-state index in [2.05, 4.69) is 5.32 Å². The van der Waals surface area contributed by atoms with E-state index < -0.39 is 17.8 Å². The standard InChI is InChI=1S/C20H18N2O4/c1-3-26-15-9-6-8-14(11-15)12-16-18(23)21-20(25)22(19(16)24)17-10-5-4-7-13(17)2/h4-12H,3H2,1-2H3,(H,21,23,25)/b16-12+. The van der Waals surface area contributed by atoms with E-state index in [0.717, 1.165) is 10.5 Å². The number of hydrogen-bond acceptors (Lipinski definition) is 4. The third kappa shape index (κ3) is 3.35. The van der Waals surface area contributed by atoms with Crippen LogP contribution in [0.1, 0.15) is 18.1 Å². The fourth-order valence-electron chi connectivity index (χ4n) is 2.72. The van der Waals surface area contributed by atoms with Gasteiger partial charge in [-0.3, -0.25) is 14.9 Å². The normalized spacial score (nSPS) is 16.0. The largest absolute Gasteiger partial charge is 0.494 e. The SMILES string of the molecule is CCOc1cccc(/C=C2\C(=O)NC(=O)N(c3ccccc3C)C2=O)c1. The van der Waals surface area contributed by atoms with Crippen molar-refractivity contribution in [3.05, 3.63) is 65.2 Å². The summed E-state index contributed by atoms with van der Waals surface area (Å²) >= 11 is 0. The van der Waals surface area contributed by atoms with Crippen LogP contribution >= 0.6 is 0 Å². The molecule has 1 saturated heterocycles. The summed E-state index contributed by atoms with van der Waals surface area (Å²) in [6, 6.07) is 13.3. The van der Waals surface area contributed by atoms with Crippen LogP contribution in [0.4, 0.5) is 10.5 Å². The van der Waals surface area contributed by atoms with E-state index in [1.165, 1.54) is 6.08 Å². The molecule has 26 heavy (non-hydrogen) atoms. The van der Waals surface area contributed by atoms with Crippen molar-refractivity contribution < 1.29 is 19.1 Å². The van der Waals surface area contributed by atoms with E-state index in [1.54, 1.807) is 49.4 Å². The van der Waals surface area contributed by atoms with Gasteiger partial charge in [-0.05, 0) is 49.2 Å². The lowest BCUT2D eigenvalue weighted by Crippen LogP contribution is -2.54. The molecule has 0 spiro atoms. The molecule has 1 aliphatic heterocycles. The number of ether oxygens (including phenoxy) is 1. The molecule has 2 aromatic carbocycles. The van der Waals surface area contributed by atoms with Crippen molar-refractivity contribution in [2.75, 3.05) is 11.5 Å². The Labute approximate surface area is 151 Å². The van der Waals surface area contributed by atoms with Crippen molar-refractivity contribution in [2.45, 2.75) is 13.8 Å². The first-order valence-electron chi connectivity index (χ1n) is 8.21. The average molecular weight is 350 g/mol. The quantitative estimate of drug-likeness (QED) is 0.679. The number of rotatable bonds is 4. The van der Waals surface area contributed by atoms with Gasteiger partial charge in [0.1, 0.15) is 11.3 Å². The van der Waals surface area contributed by atoms with Crippen LogP contribution in [0.3, 0.4) is 0 Å². The van der Waals surface area contributed by atoms with Gasteiger partial charge >= 0.3 is 6.03 Å². The zero-order valence-electron chi connectivity index (χ0n) is 14.5. The molecule has 4 amide bonds. The molecule has 6 heteroatoms. The van der Waals surface area contributed by atoms with Crippen LogP contribution in [-0.4, -0.2) is 24.5 Å². The van der Waals surface area contributed by atoms with Crippen molar-refractivity contribution in [2.24, 2.45) is 0 Å². The van der Waals surface area contributed by atoms with Gasteiger partial charge in [0.25, 0.3) is 11.8 Å². The fraction of sp³-hybridized carbons (Fsp3) is 0.150. The first-order valence-corrected chi connectivity index (χ1v) is 8.21. The number of imide groups is 2. The Bertz CT molecular complexity index is 918. The summed E-state index contributed by atoms with van der Waals surface area (Å²) in [6.07, 6.45) is 1.46. The van der Waals surface area contributed by atoms with E-state index in [0.29, 0.717) is 23.6 Å². The molecule has 1 fully saturated rings. The third-order valence-electron chi connectivity index (χ3n) is 3.94. The topological polar surface area (TPSA) is 75.7 Å². The first kappa shape index (κ1) is 17.4. The molecular weight excluding hydrogens is 332 g/mol. The van der Waals surface area contributed by atoms with Crippen molar-refractivity contribution in [1.29, 1.82) is 0 Å². The Morgan fingerprint density at radius 1 is 1.08 bits per heavy atom. The van der Waals surface area contributed by atoms with Gasteiger partial charge in [0.05, 0.1) is 12.3 Å². The number of hydrogen-bond donors (Lipinski definition) is 1. The number of carbonyl (C=O) groups is 3. The average Bonchev–Trinajstić information content (AvgIpc) is 2.61.